The van der Waals surface area contributed by atoms with Crippen molar-refractivity contribution in [1.29, 1.82) is 0 Å². The van der Waals surface area contributed by atoms with Crippen molar-refractivity contribution in [2.75, 3.05) is 39.8 Å². The van der Waals surface area contributed by atoms with Gasteiger partial charge in [0.15, 0.2) is 0 Å². The normalized spacial score (nSPS) is 24.0. The number of benzene rings is 1. The molecule has 11 nitrogen and oxygen atoms in total. The third-order valence-electron chi connectivity index (χ3n) is 6.67. The van der Waals surface area contributed by atoms with Crippen molar-refractivity contribution in [2.45, 2.75) is 57.5 Å². The van der Waals surface area contributed by atoms with Gasteiger partial charge in [0.1, 0.15) is 18.2 Å². The molecular formula is C25H34N4O7. The lowest BCUT2D eigenvalue weighted by Crippen LogP contribution is -2.54. The first-order valence-electron chi connectivity index (χ1n) is 12.2. The first kappa shape index (κ1) is 25.6. The Balaban J connectivity index is 1.41. The molecular weight excluding hydrogens is 468 g/mol. The molecule has 0 unspecified atom stereocenters. The summed E-state index contributed by atoms with van der Waals surface area (Å²) >= 11 is 0. The maximum atomic E-state index is 13.2. The number of carbonyl (C=O) groups is 4. The molecule has 0 saturated carbocycles. The Hall–Kier alpha value is -3.50. The molecule has 3 saturated heterocycles. The first-order chi connectivity index (χ1) is 17.1. The van der Waals surface area contributed by atoms with Crippen LogP contribution in [0.25, 0.3) is 0 Å². The maximum Gasteiger partial charge on any atom is 0.410 e. The lowest BCUT2D eigenvalue weighted by Gasteiger charge is -2.37. The highest BCUT2D eigenvalue weighted by Crippen LogP contribution is 2.30. The zero-order chi connectivity index (χ0) is 26.0. The van der Waals surface area contributed by atoms with Gasteiger partial charge in [-0.2, -0.15) is 0 Å². The number of amides is 4. The van der Waals surface area contributed by atoms with Crippen molar-refractivity contribution < 1.29 is 33.4 Å². The molecule has 0 radical (unpaired) electrons. The fraction of sp³-hybridized carbons (Fsp3) is 0.600. The van der Waals surface area contributed by atoms with Crippen LogP contribution in [0.1, 0.15) is 32.8 Å². The van der Waals surface area contributed by atoms with E-state index in [1.807, 2.05) is 51.1 Å². The minimum absolute atomic E-state index is 0.0771. The number of ether oxygens (including phenoxy) is 3. The minimum atomic E-state index is -0.841. The van der Waals surface area contributed by atoms with E-state index in [4.69, 9.17) is 14.2 Å². The molecule has 11 heteroatoms. The van der Waals surface area contributed by atoms with Crippen LogP contribution in [0.15, 0.2) is 30.3 Å². The SMILES string of the molecule is COC(=O)[C@H]1C[C@@H](N2C[C@@H]3CN(C(=O)OC(C)(C)C)CCN3C2=O)CN1C(=O)OCc1ccccc1. The monoisotopic (exact) mass is 502 g/mol. The Kier molecular flexibility index (Phi) is 7.28. The molecule has 1 aromatic rings. The molecule has 36 heavy (non-hydrogen) atoms. The molecule has 0 aliphatic carbocycles. The average Bonchev–Trinajstić information content (AvgIpc) is 3.43. The summed E-state index contributed by atoms with van der Waals surface area (Å²) < 4.78 is 15.9. The Bertz CT molecular complexity index is 996. The summed E-state index contributed by atoms with van der Waals surface area (Å²) in [6.07, 6.45) is -0.765. The van der Waals surface area contributed by atoms with Crippen molar-refractivity contribution in [3.63, 3.8) is 0 Å². The van der Waals surface area contributed by atoms with E-state index in [1.165, 1.54) is 12.0 Å². The van der Waals surface area contributed by atoms with E-state index < -0.39 is 29.8 Å². The Morgan fingerprint density at radius 1 is 0.944 bits per heavy atom. The number of hydrogen-bond acceptors (Lipinski definition) is 7. The van der Waals surface area contributed by atoms with Crippen LogP contribution in [0.3, 0.4) is 0 Å². The molecule has 3 atom stereocenters. The summed E-state index contributed by atoms with van der Waals surface area (Å²) in [5.41, 5.74) is 0.231. The first-order valence-corrected chi connectivity index (χ1v) is 12.2. The van der Waals surface area contributed by atoms with E-state index in [9.17, 15) is 19.2 Å². The average molecular weight is 503 g/mol. The molecule has 196 valence electrons. The Labute approximate surface area is 210 Å². The van der Waals surface area contributed by atoms with Crippen LogP contribution >= 0.6 is 0 Å². The molecule has 4 rings (SSSR count). The van der Waals surface area contributed by atoms with Gasteiger partial charge in [0.2, 0.25) is 0 Å². The summed E-state index contributed by atoms with van der Waals surface area (Å²) in [4.78, 5) is 57.6. The molecule has 1 aromatic carbocycles. The van der Waals surface area contributed by atoms with Crippen LogP contribution < -0.4 is 0 Å². The van der Waals surface area contributed by atoms with Gasteiger partial charge in [-0.25, -0.2) is 19.2 Å². The van der Waals surface area contributed by atoms with Gasteiger partial charge in [0.05, 0.1) is 19.2 Å². The highest BCUT2D eigenvalue weighted by atomic mass is 16.6. The molecule has 0 N–H and O–H groups in total. The lowest BCUT2D eigenvalue weighted by molar-refractivity contribution is -0.145. The van der Waals surface area contributed by atoms with Gasteiger partial charge in [-0.1, -0.05) is 30.3 Å². The molecule has 0 bridgehead atoms. The second-order valence-electron chi connectivity index (χ2n) is 10.3. The number of nitrogens with zero attached hydrogens (tertiary/aromatic N) is 4. The molecule has 4 amide bonds. The van der Waals surface area contributed by atoms with E-state index in [2.05, 4.69) is 0 Å². The number of methoxy groups -OCH3 is 1. The summed E-state index contributed by atoms with van der Waals surface area (Å²) in [7, 11) is 1.27. The van der Waals surface area contributed by atoms with Crippen molar-refractivity contribution in [1.82, 2.24) is 19.6 Å². The molecule has 3 aliphatic rings. The fourth-order valence-corrected chi connectivity index (χ4v) is 4.93. The van der Waals surface area contributed by atoms with Gasteiger partial charge < -0.3 is 28.9 Å². The summed E-state index contributed by atoms with van der Waals surface area (Å²) in [6.45, 7) is 7.23. The Morgan fingerprint density at radius 3 is 2.33 bits per heavy atom. The van der Waals surface area contributed by atoms with Crippen molar-refractivity contribution in [3.05, 3.63) is 35.9 Å². The maximum absolute atomic E-state index is 13.2. The highest BCUT2D eigenvalue weighted by Gasteiger charge is 2.50. The Morgan fingerprint density at radius 2 is 1.67 bits per heavy atom. The lowest BCUT2D eigenvalue weighted by atomic mass is 10.1. The number of hydrogen-bond donors (Lipinski definition) is 0. The van der Waals surface area contributed by atoms with E-state index >= 15 is 0 Å². The van der Waals surface area contributed by atoms with Gasteiger partial charge in [0, 0.05) is 39.1 Å². The standard InChI is InChI=1S/C25H34N4O7/c1-25(2,3)36-23(32)26-10-11-27-19(13-26)15-28(22(27)31)18-12-20(21(30)34-4)29(14-18)24(33)35-16-17-8-6-5-7-9-17/h5-9,18-20H,10-16H2,1-4H3/t18-,19+,20-/m1/s1. The van der Waals surface area contributed by atoms with Crippen molar-refractivity contribution in [3.8, 4) is 0 Å². The number of likely N-dealkylation sites (tertiary alicyclic amines) is 1. The van der Waals surface area contributed by atoms with Gasteiger partial charge >= 0.3 is 24.2 Å². The van der Waals surface area contributed by atoms with Crippen LogP contribution in [0.5, 0.6) is 0 Å². The molecule has 3 aliphatic heterocycles. The number of rotatable bonds is 4. The largest absolute Gasteiger partial charge is 0.467 e. The van der Waals surface area contributed by atoms with E-state index in [-0.39, 0.29) is 37.7 Å². The third kappa shape index (κ3) is 5.50. The van der Waals surface area contributed by atoms with Crippen molar-refractivity contribution >= 4 is 24.2 Å². The predicted molar refractivity (Wildman–Crippen MR) is 128 cm³/mol. The zero-order valence-corrected chi connectivity index (χ0v) is 21.2. The van der Waals surface area contributed by atoms with Crippen LogP contribution in [-0.2, 0) is 25.6 Å². The van der Waals surface area contributed by atoms with E-state index in [0.717, 1.165) is 5.56 Å². The fourth-order valence-electron chi connectivity index (χ4n) is 4.93. The molecule has 3 heterocycles. The highest BCUT2D eigenvalue weighted by molar-refractivity contribution is 5.83. The second-order valence-corrected chi connectivity index (χ2v) is 10.3. The number of piperazine rings is 1. The van der Waals surface area contributed by atoms with Crippen molar-refractivity contribution in [2.24, 2.45) is 0 Å². The zero-order valence-electron chi connectivity index (χ0n) is 21.2. The second kappa shape index (κ2) is 10.2. The van der Waals surface area contributed by atoms with Gasteiger partial charge in [-0.15, -0.1) is 0 Å². The van der Waals surface area contributed by atoms with Crippen LogP contribution in [-0.4, -0.2) is 107 Å². The van der Waals surface area contributed by atoms with Gasteiger partial charge in [0.25, 0.3) is 0 Å². The minimum Gasteiger partial charge on any atom is -0.467 e. The molecule has 3 fully saturated rings. The summed E-state index contributed by atoms with van der Waals surface area (Å²) in [5.74, 6) is -0.547. The van der Waals surface area contributed by atoms with Crippen LogP contribution in [0.4, 0.5) is 14.4 Å². The summed E-state index contributed by atoms with van der Waals surface area (Å²) in [6, 6.07) is 7.71. The van der Waals surface area contributed by atoms with Gasteiger partial charge in [-0.05, 0) is 26.3 Å². The van der Waals surface area contributed by atoms with E-state index in [1.54, 1.807) is 14.7 Å². The number of urea groups is 1. The summed E-state index contributed by atoms with van der Waals surface area (Å²) in [5, 5.41) is 0. The number of esters is 1. The van der Waals surface area contributed by atoms with Crippen LogP contribution in [0.2, 0.25) is 0 Å². The molecule has 0 aromatic heterocycles. The number of fused-ring (bicyclic) bond motifs is 1. The quantitative estimate of drug-likeness (QED) is 0.459. The number of carbonyl (C=O) groups excluding carboxylic acids is 4. The third-order valence-corrected chi connectivity index (χ3v) is 6.67. The predicted octanol–water partition coefficient (Wildman–Crippen LogP) is 2.30. The van der Waals surface area contributed by atoms with Crippen LogP contribution in [0, 0.1) is 0 Å². The van der Waals surface area contributed by atoms with E-state index in [0.29, 0.717) is 26.2 Å². The molecule has 0 spiro atoms. The van der Waals surface area contributed by atoms with Gasteiger partial charge in [-0.3, -0.25) is 4.90 Å². The smallest absolute Gasteiger partial charge is 0.410 e. The topological polar surface area (TPSA) is 109 Å².